The minimum absolute atomic E-state index is 0.0383. The van der Waals surface area contributed by atoms with Crippen LogP contribution < -0.4 is 4.90 Å². The van der Waals surface area contributed by atoms with Gasteiger partial charge in [0.25, 0.3) is 23.6 Å². The van der Waals surface area contributed by atoms with E-state index in [1.807, 2.05) is 42.5 Å². The average Bonchev–Trinajstić information content (AvgIpc) is 3.70. The summed E-state index contributed by atoms with van der Waals surface area (Å²) in [5, 5.41) is 0.632. The van der Waals surface area contributed by atoms with Gasteiger partial charge in [-0.1, -0.05) is 136 Å². The van der Waals surface area contributed by atoms with Crippen LogP contribution in [0.15, 0.2) is 101 Å². The number of amides is 4. The van der Waals surface area contributed by atoms with E-state index < -0.39 is 41.1 Å². The van der Waals surface area contributed by atoms with Crippen LogP contribution >= 0.6 is 81.4 Å². The van der Waals surface area contributed by atoms with E-state index >= 15 is 0 Å². The zero-order valence-electron chi connectivity index (χ0n) is 31.4. The number of carbonyl (C=O) groups is 6. The summed E-state index contributed by atoms with van der Waals surface area (Å²) in [4.78, 5) is 93.5. The van der Waals surface area contributed by atoms with Crippen molar-refractivity contribution in [1.29, 1.82) is 0 Å². The van der Waals surface area contributed by atoms with Crippen LogP contribution in [-0.4, -0.2) is 45.1 Å². The number of fused-ring (bicyclic) bond motifs is 3. The van der Waals surface area contributed by atoms with Gasteiger partial charge in [-0.15, -0.1) is 0 Å². The lowest BCUT2D eigenvalue weighted by molar-refractivity contribution is 0.0597. The first-order valence-electron chi connectivity index (χ1n) is 18.6. The van der Waals surface area contributed by atoms with Crippen LogP contribution in [0, 0.1) is 6.92 Å². The zero-order valence-corrected chi connectivity index (χ0v) is 36.8. The summed E-state index contributed by atoms with van der Waals surface area (Å²) in [5.41, 5.74) is 0.710. The minimum Gasteiger partial charge on any atom is -0.293 e. The molecule has 0 N–H and O–H groups in total. The van der Waals surface area contributed by atoms with Crippen molar-refractivity contribution in [3.05, 3.63) is 171 Å². The molecule has 0 saturated heterocycles. The van der Waals surface area contributed by atoms with Gasteiger partial charge in [0.05, 0.1) is 75.8 Å². The molecule has 0 spiro atoms. The van der Waals surface area contributed by atoms with Crippen LogP contribution in [0.25, 0.3) is 21.7 Å². The fourth-order valence-electron chi connectivity index (χ4n) is 8.37. The SMILES string of the molecule is Cc1c(Cl)c2c(c(Cl)c1Sc1ccccc1)C(=O)C(c1ccc3c(CN4C(=O)c5cccc6cccc(c56)C4=O)ccc(N4C(=O)c5c(Cl)c(Cl)c(Cl)c(Cl)c5C4=O)c3n1)C2=O. The molecule has 6 aromatic carbocycles. The number of nitrogens with zero attached hydrogens (tertiary/aromatic N) is 3. The second-order valence-electron chi connectivity index (χ2n) is 14.6. The van der Waals surface area contributed by atoms with E-state index in [0.29, 0.717) is 32.5 Å². The van der Waals surface area contributed by atoms with Crippen LogP contribution in [0.1, 0.15) is 84.9 Å². The van der Waals surface area contributed by atoms with Crippen LogP contribution in [0.5, 0.6) is 0 Å². The van der Waals surface area contributed by atoms with Gasteiger partial charge in [0.15, 0.2) is 11.6 Å². The first-order chi connectivity index (χ1) is 29.7. The Morgan fingerprint density at radius 1 is 0.581 bits per heavy atom. The highest BCUT2D eigenvalue weighted by Gasteiger charge is 2.47. The van der Waals surface area contributed by atoms with Crippen molar-refractivity contribution in [2.24, 2.45) is 0 Å². The summed E-state index contributed by atoms with van der Waals surface area (Å²) >= 11 is 40.8. The van der Waals surface area contributed by atoms with Gasteiger partial charge in [-0.05, 0) is 59.8 Å². The van der Waals surface area contributed by atoms with Crippen molar-refractivity contribution in [2.45, 2.75) is 29.2 Å². The van der Waals surface area contributed by atoms with E-state index in [0.717, 1.165) is 20.1 Å². The third kappa shape index (κ3) is 5.81. The minimum atomic E-state index is -1.52. The second kappa shape index (κ2) is 14.9. The largest absolute Gasteiger partial charge is 0.293 e. The van der Waals surface area contributed by atoms with Gasteiger partial charge < -0.3 is 0 Å². The number of aromatic nitrogens is 1. The predicted molar refractivity (Wildman–Crippen MR) is 241 cm³/mol. The third-order valence-electron chi connectivity index (χ3n) is 11.3. The van der Waals surface area contributed by atoms with Crippen molar-refractivity contribution in [1.82, 2.24) is 9.88 Å². The molecular formula is C46H21Cl6N3O6S. The molecule has 1 aliphatic carbocycles. The summed E-state index contributed by atoms with van der Waals surface area (Å²) < 4.78 is 0. The summed E-state index contributed by atoms with van der Waals surface area (Å²) in [5.74, 6) is -5.70. The quantitative estimate of drug-likeness (QED) is 0.0699. The molecule has 3 aliphatic rings. The number of Topliss-reactive ketones (excluding diaryl/α,β-unsaturated/α-hetero) is 2. The number of imide groups is 2. The van der Waals surface area contributed by atoms with Crippen molar-refractivity contribution in [3.63, 3.8) is 0 Å². The average molecular weight is 956 g/mol. The Morgan fingerprint density at radius 3 is 1.76 bits per heavy atom. The van der Waals surface area contributed by atoms with Crippen molar-refractivity contribution in [2.75, 3.05) is 4.90 Å². The molecule has 0 fully saturated rings. The molecule has 10 rings (SSSR count). The monoisotopic (exact) mass is 953 g/mol. The highest BCUT2D eigenvalue weighted by molar-refractivity contribution is 7.99. The number of halogens is 6. The van der Waals surface area contributed by atoms with Gasteiger partial charge in [0.1, 0.15) is 5.92 Å². The van der Waals surface area contributed by atoms with E-state index in [4.69, 9.17) is 74.6 Å². The number of benzene rings is 6. The molecule has 62 heavy (non-hydrogen) atoms. The van der Waals surface area contributed by atoms with Crippen LogP contribution in [-0.2, 0) is 6.54 Å². The van der Waals surface area contributed by atoms with E-state index in [1.54, 1.807) is 43.3 Å². The fourth-order valence-corrected chi connectivity index (χ4v) is 11.1. The number of hydrogen-bond donors (Lipinski definition) is 0. The van der Waals surface area contributed by atoms with Crippen molar-refractivity contribution in [3.8, 4) is 0 Å². The normalized spacial score (nSPS) is 15.8. The second-order valence-corrected chi connectivity index (χ2v) is 18.0. The molecule has 1 atom stereocenters. The van der Waals surface area contributed by atoms with Gasteiger partial charge in [-0.25, -0.2) is 9.88 Å². The maximum atomic E-state index is 14.5. The first kappa shape index (κ1) is 40.8. The Morgan fingerprint density at radius 2 is 1.16 bits per heavy atom. The number of hydrogen-bond acceptors (Lipinski definition) is 8. The Labute approximate surface area is 385 Å². The lowest BCUT2D eigenvalue weighted by Gasteiger charge is -2.28. The van der Waals surface area contributed by atoms with E-state index in [-0.39, 0.29) is 81.2 Å². The summed E-state index contributed by atoms with van der Waals surface area (Å²) in [6.07, 6.45) is 0. The highest BCUT2D eigenvalue weighted by Crippen LogP contribution is 2.50. The predicted octanol–water partition coefficient (Wildman–Crippen LogP) is 12.5. The number of carbonyl (C=O) groups excluding carboxylic acids is 6. The summed E-state index contributed by atoms with van der Waals surface area (Å²) in [6.45, 7) is 1.45. The van der Waals surface area contributed by atoms with Gasteiger partial charge in [0.2, 0.25) is 0 Å². The van der Waals surface area contributed by atoms with Crippen LogP contribution in [0.2, 0.25) is 30.1 Å². The summed E-state index contributed by atoms with van der Waals surface area (Å²) in [6, 6.07) is 25.7. The lowest BCUT2D eigenvalue weighted by Crippen LogP contribution is -2.39. The van der Waals surface area contributed by atoms with E-state index in [1.165, 1.54) is 23.9 Å². The number of ketones is 2. The smallest absolute Gasteiger partial charge is 0.267 e. The Hall–Kier alpha value is -5.30. The Bertz CT molecular complexity index is 3230. The zero-order chi connectivity index (χ0) is 43.6. The van der Waals surface area contributed by atoms with E-state index in [2.05, 4.69) is 0 Å². The standard InChI is InChI=1S/C46H21Cl6N3O6S/c1-18-33(47)29-30(36(50)42(18)62-21-9-3-2-4-10-21)41(57)28(40(29)56)25-15-14-22-20(17-54-43(58)23-11-5-7-19-8-6-12-24(27(19)23)44(54)59)13-16-26(39(22)53-25)55-45(60)31-32(46(55)61)35(49)38(52)37(51)34(31)48/h2-16,28H,17H2,1H3. The lowest BCUT2D eigenvalue weighted by atomic mass is 9.93. The van der Waals surface area contributed by atoms with Crippen molar-refractivity contribution < 1.29 is 28.8 Å². The number of pyridine rings is 1. The van der Waals surface area contributed by atoms with Gasteiger partial charge in [-0.2, -0.15) is 0 Å². The molecule has 4 amide bonds. The molecule has 304 valence electrons. The Balaban J connectivity index is 1.12. The van der Waals surface area contributed by atoms with Crippen LogP contribution in [0.3, 0.4) is 0 Å². The van der Waals surface area contributed by atoms with Gasteiger partial charge in [0, 0.05) is 31.7 Å². The molecule has 7 aromatic rings. The maximum absolute atomic E-state index is 14.5. The molecule has 9 nitrogen and oxygen atoms in total. The van der Waals surface area contributed by atoms with Gasteiger partial charge in [-0.3, -0.25) is 33.7 Å². The maximum Gasteiger partial charge on any atom is 0.267 e. The van der Waals surface area contributed by atoms with Gasteiger partial charge >= 0.3 is 0 Å². The summed E-state index contributed by atoms with van der Waals surface area (Å²) in [7, 11) is 0. The first-order valence-corrected chi connectivity index (χ1v) is 21.7. The molecule has 1 aromatic heterocycles. The fraction of sp³-hybridized carbons (Fsp3) is 0.0652. The Kier molecular flexibility index (Phi) is 9.81. The molecule has 0 saturated carbocycles. The molecule has 0 radical (unpaired) electrons. The van der Waals surface area contributed by atoms with E-state index in [9.17, 15) is 28.8 Å². The number of rotatable bonds is 6. The molecule has 16 heteroatoms. The highest BCUT2D eigenvalue weighted by atomic mass is 35.5. The molecule has 2 aliphatic heterocycles. The molecule has 0 bridgehead atoms. The molecular weight excluding hydrogens is 935 g/mol. The number of anilines is 1. The molecule has 3 heterocycles. The molecule has 1 unspecified atom stereocenters. The topological polar surface area (TPSA) is 122 Å². The van der Waals surface area contributed by atoms with Crippen LogP contribution in [0.4, 0.5) is 5.69 Å². The third-order valence-corrected chi connectivity index (χ3v) is 15.3. The van der Waals surface area contributed by atoms with Crippen molar-refractivity contribution >= 4 is 144 Å².